The van der Waals surface area contributed by atoms with Crippen LogP contribution in [0.25, 0.3) is 0 Å². The fourth-order valence-corrected chi connectivity index (χ4v) is 2.28. The number of benzene rings is 1. The van der Waals surface area contributed by atoms with Crippen molar-refractivity contribution in [1.82, 2.24) is 0 Å². The van der Waals surface area contributed by atoms with Crippen LogP contribution in [0.4, 0.5) is 5.69 Å². The minimum absolute atomic E-state index is 0.263. The maximum atomic E-state index is 12.4. The molecule has 0 unspecified atom stereocenters. The van der Waals surface area contributed by atoms with Crippen molar-refractivity contribution in [3.05, 3.63) is 62.7 Å². The van der Waals surface area contributed by atoms with Gasteiger partial charge in [-0.1, -0.05) is 18.2 Å². The monoisotopic (exact) mass is 271 g/mol. The molecule has 0 atom stereocenters. The average Bonchev–Trinajstić information content (AvgIpc) is 2.32. The maximum Gasteiger partial charge on any atom is 0.336 e. The number of hydrogen-bond acceptors (Lipinski definition) is 3. The molecule has 0 aliphatic heterocycles. The van der Waals surface area contributed by atoms with Gasteiger partial charge in [-0.15, -0.1) is 0 Å². The van der Waals surface area contributed by atoms with Crippen molar-refractivity contribution in [2.24, 2.45) is 0 Å². The molecule has 1 N–H and O–H groups in total. The van der Waals surface area contributed by atoms with Crippen molar-refractivity contribution in [2.75, 3.05) is 5.32 Å². The predicted molar refractivity (Wildman–Crippen MR) is 78.3 cm³/mol. The summed E-state index contributed by atoms with van der Waals surface area (Å²) in [5, 5.41) is 2.89. The Balaban J connectivity index is 2.41. The van der Waals surface area contributed by atoms with Crippen LogP contribution in [-0.2, 0) is 0 Å². The topological polar surface area (TPSA) is 59.3 Å². The van der Waals surface area contributed by atoms with Crippen LogP contribution >= 0.6 is 0 Å². The first kappa shape index (κ1) is 14.1. The second kappa shape index (κ2) is 5.33. The lowest BCUT2D eigenvalue weighted by Gasteiger charge is -2.13. The molecule has 4 heteroatoms. The van der Waals surface area contributed by atoms with Crippen molar-refractivity contribution < 1.29 is 9.21 Å². The molecule has 1 aromatic heterocycles. The van der Waals surface area contributed by atoms with Crippen LogP contribution in [0.15, 0.2) is 33.5 Å². The lowest BCUT2D eigenvalue weighted by molar-refractivity contribution is 0.102. The van der Waals surface area contributed by atoms with Gasteiger partial charge in [-0.05, 0) is 44.4 Å². The Labute approximate surface area is 117 Å². The van der Waals surface area contributed by atoms with Crippen LogP contribution in [0, 0.1) is 27.7 Å². The first-order valence-corrected chi connectivity index (χ1v) is 6.39. The molecule has 0 spiro atoms. The lowest BCUT2D eigenvalue weighted by Crippen LogP contribution is -2.18. The zero-order valence-electron chi connectivity index (χ0n) is 12.0. The molecule has 0 saturated carbocycles. The van der Waals surface area contributed by atoms with E-state index in [2.05, 4.69) is 5.32 Å². The zero-order chi connectivity index (χ0) is 14.9. The van der Waals surface area contributed by atoms with E-state index in [1.54, 1.807) is 13.8 Å². The SMILES string of the molecule is Cc1cccc(C)c1NC(=O)c1c(C)cc(=O)oc1C. The number of nitrogens with one attached hydrogen (secondary N) is 1. The largest absolute Gasteiger partial charge is 0.427 e. The smallest absolute Gasteiger partial charge is 0.336 e. The van der Waals surface area contributed by atoms with Crippen molar-refractivity contribution in [1.29, 1.82) is 0 Å². The Morgan fingerprint density at radius 1 is 1.05 bits per heavy atom. The van der Waals surface area contributed by atoms with Crippen LogP contribution in [0.5, 0.6) is 0 Å². The number of carbonyl (C=O) groups is 1. The highest BCUT2D eigenvalue weighted by atomic mass is 16.4. The van der Waals surface area contributed by atoms with E-state index < -0.39 is 5.63 Å². The molecular weight excluding hydrogens is 254 g/mol. The third-order valence-corrected chi connectivity index (χ3v) is 3.28. The molecule has 0 aliphatic carbocycles. The Bertz CT molecular complexity index is 682. The summed E-state index contributed by atoms with van der Waals surface area (Å²) in [7, 11) is 0. The number of aryl methyl sites for hydroxylation is 4. The average molecular weight is 271 g/mol. The zero-order valence-corrected chi connectivity index (χ0v) is 12.0. The molecule has 1 amide bonds. The number of anilines is 1. The van der Waals surface area contributed by atoms with Crippen molar-refractivity contribution in [2.45, 2.75) is 27.7 Å². The highest BCUT2D eigenvalue weighted by Gasteiger charge is 2.16. The number of rotatable bonds is 2. The highest BCUT2D eigenvalue weighted by molar-refractivity contribution is 6.06. The second-order valence-electron chi connectivity index (χ2n) is 4.90. The molecule has 2 aromatic rings. The normalized spacial score (nSPS) is 10.4. The first-order chi connectivity index (χ1) is 9.40. The summed E-state index contributed by atoms with van der Waals surface area (Å²) >= 11 is 0. The quantitative estimate of drug-likeness (QED) is 0.912. The Kier molecular flexibility index (Phi) is 3.74. The van der Waals surface area contributed by atoms with Crippen LogP contribution < -0.4 is 10.9 Å². The predicted octanol–water partition coefficient (Wildman–Crippen LogP) is 3.13. The summed E-state index contributed by atoms with van der Waals surface area (Å²) in [6, 6.07) is 7.14. The van der Waals surface area contributed by atoms with E-state index in [0.29, 0.717) is 16.9 Å². The van der Waals surface area contributed by atoms with E-state index in [9.17, 15) is 9.59 Å². The van der Waals surface area contributed by atoms with Crippen LogP contribution in [0.3, 0.4) is 0 Å². The van der Waals surface area contributed by atoms with Gasteiger partial charge in [0.1, 0.15) is 5.76 Å². The molecule has 0 radical (unpaired) electrons. The van der Waals surface area contributed by atoms with Gasteiger partial charge in [-0.25, -0.2) is 4.79 Å². The molecule has 0 saturated heterocycles. The van der Waals surface area contributed by atoms with E-state index in [4.69, 9.17) is 4.42 Å². The van der Waals surface area contributed by atoms with E-state index in [1.807, 2.05) is 32.0 Å². The van der Waals surface area contributed by atoms with Gasteiger partial charge in [0.05, 0.1) is 5.56 Å². The molecule has 20 heavy (non-hydrogen) atoms. The molecular formula is C16H17NO3. The lowest BCUT2D eigenvalue weighted by atomic mass is 10.1. The van der Waals surface area contributed by atoms with Gasteiger partial charge in [0.25, 0.3) is 5.91 Å². The number of carbonyl (C=O) groups excluding carboxylic acids is 1. The summed E-state index contributed by atoms with van der Waals surface area (Å²) in [6.07, 6.45) is 0. The Morgan fingerprint density at radius 3 is 2.20 bits per heavy atom. The van der Waals surface area contributed by atoms with Gasteiger partial charge in [-0.3, -0.25) is 4.79 Å². The molecule has 1 heterocycles. The summed E-state index contributed by atoms with van der Waals surface area (Å²) in [6.45, 7) is 7.22. The van der Waals surface area contributed by atoms with Gasteiger partial charge in [0.2, 0.25) is 0 Å². The van der Waals surface area contributed by atoms with Gasteiger partial charge in [0.15, 0.2) is 0 Å². The minimum Gasteiger partial charge on any atom is -0.427 e. The van der Waals surface area contributed by atoms with E-state index >= 15 is 0 Å². The molecule has 0 bridgehead atoms. The van der Waals surface area contributed by atoms with Crippen molar-refractivity contribution in [3.63, 3.8) is 0 Å². The Morgan fingerprint density at radius 2 is 1.65 bits per heavy atom. The van der Waals surface area contributed by atoms with Crippen molar-refractivity contribution in [3.8, 4) is 0 Å². The number of amides is 1. The van der Waals surface area contributed by atoms with Crippen LogP contribution in [0.2, 0.25) is 0 Å². The third-order valence-electron chi connectivity index (χ3n) is 3.28. The fraction of sp³-hybridized carbons (Fsp3) is 0.250. The summed E-state index contributed by atoms with van der Waals surface area (Å²) in [5.74, 6) is 0.0693. The highest BCUT2D eigenvalue weighted by Crippen LogP contribution is 2.21. The van der Waals surface area contributed by atoms with Crippen LogP contribution in [0.1, 0.15) is 32.8 Å². The molecule has 104 valence electrons. The van der Waals surface area contributed by atoms with E-state index in [0.717, 1.165) is 16.8 Å². The Hall–Kier alpha value is -2.36. The van der Waals surface area contributed by atoms with Crippen LogP contribution in [-0.4, -0.2) is 5.91 Å². The molecule has 0 aliphatic rings. The second-order valence-corrected chi connectivity index (χ2v) is 4.90. The maximum absolute atomic E-state index is 12.4. The third kappa shape index (κ3) is 2.64. The van der Waals surface area contributed by atoms with Gasteiger partial charge in [0, 0.05) is 11.8 Å². The van der Waals surface area contributed by atoms with E-state index in [1.165, 1.54) is 6.07 Å². The fourth-order valence-electron chi connectivity index (χ4n) is 2.28. The molecule has 1 aromatic carbocycles. The summed E-state index contributed by atoms with van der Waals surface area (Å²) < 4.78 is 4.99. The number of hydrogen-bond donors (Lipinski definition) is 1. The summed E-state index contributed by atoms with van der Waals surface area (Å²) in [5.41, 5.74) is 3.36. The summed E-state index contributed by atoms with van der Waals surface area (Å²) in [4.78, 5) is 23.7. The minimum atomic E-state index is -0.441. The van der Waals surface area contributed by atoms with Crippen molar-refractivity contribution >= 4 is 11.6 Å². The first-order valence-electron chi connectivity index (χ1n) is 6.39. The van der Waals surface area contributed by atoms with Gasteiger partial charge < -0.3 is 9.73 Å². The standard InChI is InChI=1S/C16H17NO3/c1-9-6-5-7-10(2)15(9)17-16(19)14-11(3)8-13(18)20-12(14)4/h5-8H,1-4H3,(H,17,19). The van der Waals surface area contributed by atoms with Gasteiger partial charge >= 0.3 is 5.63 Å². The number of para-hydroxylation sites is 1. The molecule has 4 nitrogen and oxygen atoms in total. The molecule has 0 fully saturated rings. The van der Waals surface area contributed by atoms with E-state index in [-0.39, 0.29) is 5.91 Å². The van der Waals surface area contributed by atoms with Gasteiger partial charge in [-0.2, -0.15) is 0 Å². The molecule has 2 rings (SSSR count).